The van der Waals surface area contributed by atoms with Crippen LogP contribution in [0.2, 0.25) is 0 Å². The number of hydrogen-bond donors (Lipinski definition) is 1. The normalized spacial score (nSPS) is 14.6. The van der Waals surface area contributed by atoms with Crippen molar-refractivity contribution in [3.05, 3.63) is 29.6 Å². The van der Waals surface area contributed by atoms with E-state index in [0.29, 0.717) is 11.6 Å². The molecule has 0 radical (unpaired) electrons. The van der Waals surface area contributed by atoms with Crippen molar-refractivity contribution in [2.45, 2.75) is 38.6 Å². The number of carbonyl (C=O) groups is 1. The van der Waals surface area contributed by atoms with Gasteiger partial charge in [0.1, 0.15) is 5.82 Å². The summed E-state index contributed by atoms with van der Waals surface area (Å²) in [5.74, 6) is -0.504. The van der Waals surface area contributed by atoms with Crippen molar-refractivity contribution in [2.75, 3.05) is 12.3 Å². The maximum Gasteiger partial charge on any atom is 0.254 e. The van der Waals surface area contributed by atoms with E-state index >= 15 is 0 Å². The van der Waals surface area contributed by atoms with Crippen molar-refractivity contribution in [2.24, 2.45) is 0 Å². The van der Waals surface area contributed by atoms with E-state index in [4.69, 9.17) is 5.73 Å². The van der Waals surface area contributed by atoms with Gasteiger partial charge in [-0.3, -0.25) is 4.79 Å². The molecule has 1 aliphatic rings. The standard InChI is InChI=1S/C14H19FN2O/c1-2-3-8-17(11-5-6-11)14(18)10-4-7-12(15)13(16)9-10/h4,7,9,11H,2-3,5-6,8,16H2,1H3. The summed E-state index contributed by atoms with van der Waals surface area (Å²) < 4.78 is 13.1. The molecule has 0 aliphatic heterocycles. The Balaban J connectivity index is 2.13. The van der Waals surface area contributed by atoms with Crippen LogP contribution in [0.3, 0.4) is 0 Å². The summed E-state index contributed by atoms with van der Waals surface area (Å²) in [6, 6.07) is 4.57. The Kier molecular flexibility index (Phi) is 3.84. The Morgan fingerprint density at radius 1 is 1.50 bits per heavy atom. The fraction of sp³-hybridized carbons (Fsp3) is 0.500. The number of benzene rings is 1. The Hall–Kier alpha value is -1.58. The Morgan fingerprint density at radius 3 is 2.78 bits per heavy atom. The molecule has 2 rings (SSSR count). The molecule has 0 aromatic heterocycles. The first-order chi connectivity index (χ1) is 8.63. The lowest BCUT2D eigenvalue weighted by atomic mass is 10.1. The SMILES string of the molecule is CCCCN(C(=O)c1ccc(F)c(N)c1)C1CC1. The van der Waals surface area contributed by atoms with E-state index < -0.39 is 5.82 Å². The van der Waals surface area contributed by atoms with Gasteiger partial charge in [-0.05, 0) is 37.5 Å². The number of hydrogen-bond acceptors (Lipinski definition) is 2. The second-order valence-electron chi connectivity index (χ2n) is 4.82. The van der Waals surface area contributed by atoms with E-state index in [1.54, 1.807) is 0 Å². The van der Waals surface area contributed by atoms with Crippen molar-refractivity contribution in [3.63, 3.8) is 0 Å². The average Bonchev–Trinajstić information content (AvgIpc) is 3.17. The van der Waals surface area contributed by atoms with Gasteiger partial charge in [0.25, 0.3) is 5.91 Å². The molecule has 1 aromatic carbocycles. The molecule has 1 amide bonds. The highest BCUT2D eigenvalue weighted by Gasteiger charge is 2.32. The van der Waals surface area contributed by atoms with Gasteiger partial charge in [0.05, 0.1) is 5.69 Å². The Morgan fingerprint density at radius 2 is 2.22 bits per heavy atom. The third-order valence-electron chi connectivity index (χ3n) is 3.24. The van der Waals surface area contributed by atoms with Gasteiger partial charge >= 0.3 is 0 Å². The zero-order valence-corrected chi connectivity index (χ0v) is 10.7. The third-order valence-corrected chi connectivity index (χ3v) is 3.24. The summed E-state index contributed by atoms with van der Waals surface area (Å²) in [7, 11) is 0. The zero-order valence-electron chi connectivity index (χ0n) is 10.7. The van der Waals surface area contributed by atoms with E-state index in [0.717, 1.165) is 32.2 Å². The number of nitrogen functional groups attached to an aromatic ring is 1. The van der Waals surface area contributed by atoms with Crippen LogP contribution < -0.4 is 5.73 Å². The van der Waals surface area contributed by atoms with Crippen molar-refractivity contribution in [3.8, 4) is 0 Å². The number of unbranched alkanes of at least 4 members (excludes halogenated alkanes) is 1. The van der Waals surface area contributed by atoms with Crippen molar-refractivity contribution >= 4 is 11.6 Å². The lowest BCUT2D eigenvalue weighted by molar-refractivity contribution is 0.0741. The summed E-state index contributed by atoms with van der Waals surface area (Å²) in [4.78, 5) is 14.2. The van der Waals surface area contributed by atoms with Crippen LogP contribution in [0.15, 0.2) is 18.2 Å². The first-order valence-electron chi connectivity index (χ1n) is 6.49. The molecule has 2 N–H and O–H groups in total. The number of amides is 1. The number of anilines is 1. The number of nitrogens with two attached hydrogens (primary N) is 1. The highest BCUT2D eigenvalue weighted by atomic mass is 19.1. The predicted molar refractivity (Wildman–Crippen MR) is 69.8 cm³/mol. The summed E-state index contributed by atoms with van der Waals surface area (Å²) in [5.41, 5.74) is 6.02. The molecule has 0 atom stereocenters. The molecule has 18 heavy (non-hydrogen) atoms. The molecule has 0 unspecified atom stereocenters. The highest BCUT2D eigenvalue weighted by Crippen LogP contribution is 2.29. The van der Waals surface area contributed by atoms with Gasteiger partial charge in [-0.25, -0.2) is 4.39 Å². The second-order valence-corrected chi connectivity index (χ2v) is 4.82. The molecule has 0 heterocycles. The maximum atomic E-state index is 13.1. The van der Waals surface area contributed by atoms with Crippen molar-refractivity contribution in [1.29, 1.82) is 0 Å². The second kappa shape index (κ2) is 5.38. The monoisotopic (exact) mass is 250 g/mol. The van der Waals surface area contributed by atoms with E-state index in [9.17, 15) is 9.18 Å². The molecule has 1 aliphatic carbocycles. The van der Waals surface area contributed by atoms with Crippen LogP contribution in [0, 0.1) is 5.82 Å². The fourth-order valence-electron chi connectivity index (χ4n) is 2.01. The topological polar surface area (TPSA) is 46.3 Å². The lowest BCUT2D eigenvalue weighted by Crippen LogP contribution is -2.34. The molecule has 1 saturated carbocycles. The Bertz CT molecular complexity index is 443. The Labute approximate surface area is 107 Å². The molecule has 1 aromatic rings. The minimum atomic E-state index is -0.474. The largest absolute Gasteiger partial charge is 0.396 e. The van der Waals surface area contributed by atoms with Gasteiger partial charge < -0.3 is 10.6 Å². The number of nitrogens with zero attached hydrogens (tertiary/aromatic N) is 1. The number of rotatable bonds is 5. The van der Waals surface area contributed by atoms with Gasteiger partial charge in [0, 0.05) is 18.2 Å². The van der Waals surface area contributed by atoms with Gasteiger partial charge in [-0.2, -0.15) is 0 Å². The molecule has 0 saturated heterocycles. The summed E-state index contributed by atoms with van der Waals surface area (Å²) in [5, 5.41) is 0. The van der Waals surface area contributed by atoms with E-state index in [-0.39, 0.29) is 11.6 Å². The molecular weight excluding hydrogens is 231 g/mol. The van der Waals surface area contributed by atoms with Crippen molar-refractivity contribution in [1.82, 2.24) is 4.90 Å². The van der Waals surface area contributed by atoms with Crippen LogP contribution in [-0.4, -0.2) is 23.4 Å². The number of halogens is 1. The summed E-state index contributed by atoms with van der Waals surface area (Å²) in [6.07, 6.45) is 4.21. The molecule has 3 nitrogen and oxygen atoms in total. The first-order valence-corrected chi connectivity index (χ1v) is 6.49. The molecule has 1 fully saturated rings. The quantitative estimate of drug-likeness (QED) is 0.817. The molecule has 98 valence electrons. The fourth-order valence-corrected chi connectivity index (χ4v) is 2.01. The van der Waals surface area contributed by atoms with Crippen LogP contribution in [0.1, 0.15) is 43.0 Å². The minimum Gasteiger partial charge on any atom is -0.396 e. The molecule has 0 spiro atoms. The highest BCUT2D eigenvalue weighted by molar-refractivity contribution is 5.95. The van der Waals surface area contributed by atoms with Crippen LogP contribution in [0.25, 0.3) is 0 Å². The average molecular weight is 250 g/mol. The lowest BCUT2D eigenvalue weighted by Gasteiger charge is -2.22. The van der Waals surface area contributed by atoms with Crippen LogP contribution in [0.4, 0.5) is 10.1 Å². The molecule has 4 heteroatoms. The van der Waals surface area contributed by atoms with E-state index in [1.165, 1.54) is 18.2 Å². The van der Waals surface area contributed by atoms with Crippen LogP contribution >= 0.6 is 0 Å². The summed E-state index contributed by atoms with van der Waals surface area (Å²) in [6.45, 7) is 2.88. The first kappa shape index (κ1) is 12.9. The van der Waals surface area contributed by atoms with E-state index in [2.05, 4.69) is 6.92 Å². The minimum absolute atomic E-state index is 0.0300. The summed E-state index contributed by atoms with van der Waals surface area (Å²) >= 11 is 0. The van der Waals surface area contributed by atoms with Gasteiger partial charge in [0.15, 0.2) is 0 Å². The van der Waals surface area contributed by atoms with Crippen molar-refractivity contribution < 1.29 is 9.18 Å². The van der Waals surface area contributed by atoms with Crippen LogP contribution in [-0.2, 0) is 0 Å². The van der Waals surface area contributed by atoms with Crippen LogP contribution in [0.5, 0.6) is 0 Å². The smallest absolute Gasteiger partial charge is 0.254 e. The predicted octanol–water partition coefficient (Wildman–Crippen LogP) is 2.81. The van der Waals surface area contributed by atoms with Gasteiger partial charge in [-0.15, -0.1) is 0 Å². The van der Waals surface area contributed by atoms with Gasteiger partial charge in [-0.1, -0.05) is 13.3 Å². The molecular formula is C14H19FN2O. The zero-order chi connectivity index (χ0) is 13.1. The third kappa shape index (κ3) is 2.81. The maximum absolute atomic E-state index is 13.1. The molecule has 0 bridgehead atoms. The number of carbonyl (C=O) groups excluding carboxylic acids is 1. The van der Waals surface area contributed by atoms with E-state index in [1.807, 2.05) is 4.90 Å². The van der Waals surface area contributed by atoms with Gasteiger partial charge in [0.2, 0.25) is 0 Å².